The van der Waals surface area contributed by atoms with E-state index in [0.717, 1.165) is 38.5 Å². The molecule has 0 aromatic rings. The van der Waals surface area contributed by atoms with Gasteiger partial charge in [0.25, 0.3) is 0 Å². The van der Waals surface area contributed by atoms with Crippen LogP contribution in [0.1, 0.15) is 348 Å². The van der Waals surface area contributed by atoms with E-state index in [1.807, 2.05) is 0 Å². The number of rotatable bonds is 58. The maximum Gasteiger partial charge on any atom is 0.306 e. The summed E-state index contributed by atoms with van der Waals surface area (Å²) in [6, 6.07) is 0. The maximum atomic E-state index is 12.3. The van der Waals surface area contributed by atoms with Gasteiger partial charge < -0.3 is 14.6 Å². The highest BCUT2D eigenvalue weighted by molar-refractivity contribution is 5.70. The molecule has 0 saturated heterocycles. The molecule has 402 valence electrons. The standard InChI is InChI=1S/C63H120O5/c1-3-5-7-9-11-13-15-17-19-21-23-25-27-28-29-30-31-32-33-34-36-38-40-42-44-46-48-50-52-54-56-58-63(66)68-61(59-64)60-67-62(65)57-55-53-51-49-47-45-43-41-39-37-35-26-24-22-20-18-16-14-12-10-8-6-4-2/h15,17,21,23,61,64H,3-14,16,18-20,22,24-60H2,1-2H3/b17-15-,23-21-. The van der Waals surface area contributed by atoms with Crippen LogP contribution >= 0.6 is 0 Å². The lowest BCUT2D eigenvalue weighted by Gasteiger charge is -2.15. The lowest BCUT2D eigenvalue weighted by molar-refractivity contribution is -0.161. The molecule has 1 atom stereocenters. The van der Waals surface area contributed by atoms with Crippen molar-refractivity contribution < 1.29 is 24.2 Å². The Hall–Kier alpha value is -1.62. The molecule has 0 rings (SSSR count). The van der Waals surface area contributed by atoms with Gasteiger partial charge >= 0.3 is 11.9 Å². The molecule has 0 aromatic carbocycles. The van der Waals surface area contributed by atoms with Crippen molar-refractivity contribution in [1.82, 2.24) is 0 Å². The third-order valence-corrected chi connectivity index (χ3v) is 14.2. The zero-order chi connectivity index (χ0) is 49.2. The predicted octanol–water partition coefficient (Wildman–Crippen LogP) is 20.9. The first-order valence-corrected chi connectivity index (χ1v) is 30.9. The van der Waals surface area contributed by atoms with E-state index in [1.165, 1.54) is 283 Å². The summed E-state index contributed by atoms with van der Waals surface area (Å²) >= 11 is 0. The van der Waals surface area contributed by atoms with Crippen molar-refractivity contribution in [3.8, 4) is 0 Å². The summed E-state index contributed by atoms with van der Waals surface area (Å²) in [6.45, 7) is 4.19. The number of carbonyl (C=O) groups excluding carboxylic acids is 2. The molecule has 68 heavy (non-hydrogen) atoms. The molecule has 0 fully saturated rings. The summed E-state index contributed by atoms with van der Waals surface area (Å²) in [7, 11) is 0. The second kappa shape index (κ2) is 59.7. The van der Waals surface area contributed by atoms with Gasteiger partial charge in [-0.25, -0.2) is 0 Å². The third kappa shape index (κ3) is 57.0. The summed E-state index contributed by atoms with van der Waals surface area (Å²) in [4.78, 5) is 24.6. The minimum atomic E-state index is -0.767. The van der Waals surface area contributed by atoms with E-state index in [-0.39, 0.29) is 25.2 Å². The van der Waals surface area contributed by atoms with Crippen LogP contribution in [0.25, 0.3) is 0 Å². The Morgan fingerprint density at radius 3 is 0.868 bits per heavy atom. The Morgan fingerprint density at radius 1 is 0.338 bits per heavy atom. The van der Waals surface area contributed by atoms with Crippen LogP contribution in [-0.4, -0.2) is 36.4 Å². The molecule has 0 amide bonds. The zero-order valence-electron chi connectivity index (χ0n) is 46.2. The summed E-state index contributed by atoms with van der Waals surface area (Å²) < 4.78 is 10.7. The largest absolute Gasteiger partial charge is 0.462 e. The molecule has 5 nitrogen and oxygen atoms in total. The average molecular weight is 958 g/mol. The smallest absolute Gasteiger partial charge is 0.306 e. The van der Waals surface area contributed by atoms with Gasteiger partial charge in [-0.2, -0.15) is 0 Å². The van der Waals surface area contributed by atoms with E-state index in [4.69, 9.17) is 9.47 Å². The molecule has 0 aromatic heterocycles. The Kier molecular flexibility index (Phi) is 58.3. The molecule has 0 saturated carbocycles. The number of unbranched alkanes of at least 4 members (excludes halogenated alkanes) is 46. The first-order chi connectivity index (χ1) is 33.6. The van der Waals surface area contributed by atoms with Gasteiger partial charge in [-0.05, 0) is 44.9 Å². The second-order valence-electron chi connectivity index (χ2n) is 21.1. The van der Waals surface area contributed by atoms with Crippen molar-refractivity contribution in [2.45, 2.75) is 354 Å². The first kappa shape index (κ1) is 66.4. The quantitative estimate of drug-likeness (QED) is 0.0374. The summed E-state index contributed by atoms with van der Waals surface area (Å²) in [5.74, 6) is -0.566. The first-order valence-electron chi connectivity index (χ1n) is 30.9. The van der Waals surface area contributed by atoms with E-state index in [0.29, 0.717) is 12.8 Å². The highest BCUT2D eigenvalue weighted by atomic mass is 16.6. The summed E-state index contributed by atoms with van der Waals surface area (Å²) in [6.07, 6.45) is 76.1. The molecule has 0 bridgehead atoms. The Morgan fingerprint density at radius 2 is 0.588 bits per heavy atom. The van der Waals surface area contributed by atoms with Crippen molar-refractivity contribution in [3.05, 3.63) is 24.3 Å². The van der Waals surface area contributed by atoms with Gasteiger partial charge in [-0.15, -0.1) is 0 Å². The Balaban J connectivity index is 3.40. The van der Waals surface area contributed by atoms with Crippen LogP contribution in [0.15, 0.2) is 24.3 Å². The number of ether oxygens (including phenoxy) is 2. The normalized spacial score (nSPS) is 12.2. The molecule has 0 radical (unpaired) electrons. The van der Waals surface area contributed by atoms with E-state index in [2.05, 4.69) is 38.2 Å². The zero-order valence-corrected chi connectivity index (χ0v) is 46.2. The molecule has 0 aliphatic rings. The van der Waals surface area contributed by atoms with Gasteiger partial charge in [-0.3, -0.25) is 9.59 Å². The highest BCUT2D eigenvalue weighted by Gasteiger charge is 2.16. The van der Waals surface area contributed by atoms with E-state index in [9.17, 15) is 14.7 Å². The fourth-order valence-electron chi connectivity index (χ4n) is 9.59. The van der Waals surface area contributed by atoms with Gasteiger partial charge in [0, 0.05) is 12.8 Å². The number of hydrogen-bond acceptors (Lipinski definition) is 5. The van der Waals surface area contributed by atoms with Crippen LogP contribution in [0.3, 0.4) is 0 Å². The molecule has 0 heterocycles. The van der Waals surface area contributed by atoms with Gasteiger partial charge in [0.2, 0.25) is 0 Å². The fraction of sp³-hybridized carbons (Fsp3) is 0.905. The van der Waals surface area contributed by atoms with Gasteiger partial charge in [-0.1, -0.05) is 314 Å². The SMILES string of the molecule is CCCCCCC/C=C\C/C=C\CCCCCCCCCCCCCCCCCCCCCC(=O)OC(CO)COC(=O)CCCCCCCCCCCCCCCCCCCCCCCCC. The van der Waals surface area contributed by atoms with E-state index >= 15 is 0 Å². The van der Waals surface area contributed by atoms with Gasteiger partial charge in [0.1, 0.15) is 6.61 Å². The van der Waals surface area contributed by atoms with Gasteiger partial charge in [0.05, 0.1) is 6.61 Å². The van der Waals surface area contributed by atoms with Crippen molar-refractivity contribution in [1.29, 1.82) is 0 Å². The topological polar surface area (TPSA) is 72.8 Å². The maximum absolute atomic E-state index is 12.3. The molecular formula is C63H120O5. The average Bonchev–Trinajstić information content (AvgIpc) is 3.34. The molecule has 1 unspecified atom stereocenters. The molecule has 0 aliphatic heterocycles. The van der Waals surface area contributed by atoms with Crippen LogP contribution in [-0.2, 0) is 19.1 Å². The lowest BCUT2D eigenvalue weighted by atomic mass is 10.0. The minimum Gasteiger partial charge on any atom is -0.462 e. The van der Waals surface area contributed by atoms with Crippen LogP contribution in [0.2, 0.25) is 0 Å². The molecule has 0 spiro atoms. The number of carbonyl (C=O) groups is 2. The number of hydrogen-bond donors (Lipinski definition) is 1. The monoisotopic (exact) mass is 957 g/mol. The Labute approximate surface area is 425 Å². The van der Waals surface area contributed by atoms with Crippen molar-refractivity contribution >= 4 is 11.9 Å². The minimum absolute atomic E-state index is 0.0581. The molecular weight excluding hydrogens is 837 g/mol. The number of aliphatic hydroxyl groups is 1. The lowest BCUT2D eigenvalue weighted by Crippen LogP contribution is -2.28. The summed E-state index contributed by atoms with van der Waals surface area (Å²) in [5, 5.41) is 9.67. The predicted molar refractivity (Wildman–Crippen MR) is 298 cm³/mol. The molecule has 1 N–H and O–H groups in total. The number of allylic oxidation sites excluding steroid dienone is 4. The van der Waals surface area contributed by atoms with Gasteiger partial charge in [0.15, 0.2) is 6.10 Å². The number of aliphatic hydroxyl groups excluding tert-OH is 1. The third-order valence-electron chi connectivity index (χ3n) is 14.2. The van der Waals surface area contributed by atoms with Crippen molar-refractivity contribution in [3.63, 3.8) is 0 Å². The second-order valence-corrected chi connectivity index (χ2v) is 21.1. The number of esters is 2. The molecule has 5 heteroatoms. The van der Waals surface area contributed by atoms with Crippen LogP contribution < -0.4 is 0 Å². The Bertz CT molecular complexity index is 1040. The van der Waals surface area contributed by atoms with Crippen molar-refractivity contribution in [2.24, 2.45) is 0 Å². The van der Waals surface area contributed by atoms with Crippen LogP contribution in [0.4, 0.5) is 0 Å². The van der Waals surface area contributed by atoms with E-state index < -0.39 is 6.10 Å². The summed E-state index contributed by atoms with van der Waals surface area (Å²) in [5.41, 5.74) is 0. The van der Waals surface area contributed by atoms with Crippen LogP contribution in [0.5, 0.6) is 0 Å². The fourth-order valence-corrected chi connectivity index (χ4v) is 9.59. The van der Waals surface area contributed by atoms with Crippen LogP contribution in [0, 0.1) is 0 Å². The van der Waals surface area contributed by atoms with Crippen molar-refractivity contribution in [2.75, 3.05) is 13.2 Å². The van der Waals surface area contributed by atoms with E-state index in [1.54, 1.807) is 0 Å². The molecule has 0 aliphatic carbocycles. The highest BCUT2D eigenvalue weighted by Crippen LogP contribution is 2.18.